The van der Waals surface area contributed by atoms with Gasteiger partial charge in [-0.25, -0.2) is 0 Å². The van der Waals surface area contributed by atoms with Crippen molar-refractivity contribution in [3.63, 3.8) is 0 Å². The third kappa shape index (κ3) is 4.83. The number of amides is 1. The van der Waals surface area contributed by atoms with E-state index in [1.807, 2.05) is 17.0 Å². The van der Waals surface area contributed by atoms with Crippen LogP contribution in [-0.2, 0) is 16.0 Å². The summed E-state index contributed by atoms with van der Waals surface area (Å²) < 4.78 is 5.52. The van der Waals surface area contributed by atoms with Gasteiger partial charge in [0.25, 0.3) is 0 Å². The van der Waals surface area contributed by atoms with E-state index >= 15 is 0 Å². The molecule has 4 nitrogen and oxygen atoms in total. The number of aliphatic hydroxyl groups is 1. The second-order valence-corrected chi connectivity index (χ2v) is 5.60. The number of carbonyl (C=O) groups is 1. The number of aliphatic hydroxyl groups excluding tert-OH is 1. The molecular weight excluding hydrogens is 266 g/mol. The fourth-order valence-electron chi connectivity index (χ4n) is 2.78. The normalized spacial score (nSPS) is 16.2. The summed E-state index contributed by atoms with van der Waals surface area (Å²) in [5, 5.41) is 8.75. The lowest BCUT2D eigenvalue weighted by Crippen LogP contribution is -2.41. The SMILES string of the molecule is Cc1ccccc1CCC(=O)N1CCC(OCCO)CC1. The molecule has 1 aromatic rings. The molecule has 2 rings (SSSR count). The van der Waals surface area contributed by atoms with E-state index < -0.39 is 0 Å². The quantitative estimate of drug-likeness (QED) is 0.871. The zero-order valence-electron chi connectivity index (χ0n) is 12.8. The van der Waals surface area contributed by atoms with Crippen molar-refractivity contribution in [3.8, 4) is 0 Å². The summed E-state index contributed by atoms with van der Waals surface area (Å²) in [6.07, 6.45) is 3.32. The molecule has 0 bridgehead atoms. The number of likely N-dealkylation sites (tertiary alicyclic amines) is 1. The fraction of sp³-hybridized carbons (Fsp3) is 0.588. The highest BCUT2D eigenvalue weighted by molar-refractivity contribution is 5.76. The monoisotopic (exact) mass is 291 g/mol. The molecule has 1 aliphatic heterocycles. The van der Waals surface area contributed by atoms with Gasteiger partial charge in [-0.1, -0.05) is 24.3 Å². The van der Waals surface area contributed by atoms with E-state index in [1.165, 1.54) is 11.1 Å². The molecule has 1 aliphatic rings. The average Bonchev–Trinajstić information content (AvgIpc) is 2.52. The molecule has 1 heterocycles. The molecule has 21 heavy (non-hydrogen) atoms. The number of piperidine rings is 1. The van der Waals surface area contributed by atoms with Gasteiger partial charge in [0.05, 0.1) is 19.3 Å². The minimum atomic E-state index is 0.0651. The Hall–Kier alpha value is -1.39. The van der Waals surface area contributed by atoms with Gasteiger partial charge in [-0.2, -0.15) is 0 Å². The molecule has 1 saturated heterocycles. The van der Waals surface area contributed by atoms with Crippen LogP contribution >= 0.6 is 0 Å². The topological polar surface area (TPSA) is 49.8 Å². The molecule has 0 aliphatic carbocycles. The number of nitrogens with zero attached hydrogens (tertiary/aromatic N) is 1. The number of aryl methyl sites for hydroxylation is 2. The smallest absolute Gasteiger partial charge is 0.222 e. The third-order valence-corrected chi connectivity index (χ3v) is 4.11. The first-order valence-electron chi connectivity index (χ1n) is 7.75. The fourth-order valence-corrected chi connectivity index (χ4v) is 2.78. The summed E-state index contributed by atoms with van der Waals surface area (Å²) in [5.74, 6) is 0.235. The Morgan fingerprint density at radius 2 is 2.05 bits per heavy atom. The van der Waals surface area contributed by atoms with Crippen LogP contribution in [0.25, 0.3) is 0 Å². The Labute approximate surface area is 126 Å². The van der Waals surface area contributed by atoms with E-state index in [9.17, 15) is 4.79 Å². The van der Waals surface area contributed by atoms with Crippen LogP contribution in [0.5, 0.6) is 0 Å². The zero-order chi connectivity index (χ0) is 15.1. The van der Waals surface area contributed by atoms with Crippen LogP contribution in [0.15, 0.2) is 24.3 Å². The standard InChI is InChI=1S/C17H25NO3/c1-14-4-2-3-5-15(14)6-7-17(20)18-10-8-16(9-11-18)21-13-12-19/h2-5,16,19H,6-13H2,1H3. The number of hydrogen-bond donors (Lipinski definition) is 1. The molecule has 1 N–H and O–H groups in total. The maximum absolute atomic E-state index is 12.2. The van der Waals surface area contributed by atoms with Gasteiger partial charge >= 0.3 is 0 Å². The third-order valence-electron chi connectivity index (χ3n) is 4.11. The average molecular weight is 291 g/mol. The number of benzene rings is 1. The minimum Gasteiger partial charge on any atom is -0.394 e. The molecule has 116 valence electrons. The van der Waals surface area contributed by atoms with Crippen molar-refractivity contribution >= 4 is 5.91 Å². The van der Waals surface area contributed by atoms with Gasteiger partial charge in [-0.3, -0.25) is 4.79 Å². The van der Waals surface area contributed by atoms with E-state index in [2.05, 4.69) is 19.1 Å². The van der Waals surface area contributed by atoms with Crippen molar-refractivity contribution < 1.29 is 14.6 Å². The van der Waals surface area contributed by atoms with Gasteiger partial charge in [0, 0.05) is 19.5 Å². The Bertz CT molecular complexity index is 453. The van der Waals surface area contributed by atoms with Crippen LogP contribution in [0, 0.1) is 6.92 Å². The molecule has 0 radical (unpaired) electrons. The lowest BCUT2D eigenvalue weighted by atomic mass is 10.0. The minimum absolute atomic E-state index is 0.0651. The molecule has 1 amide bonds. The highest BCUT2D eigenvalue weighted by Gasteiger charge is 2.22. The van der Waals surface area contributed by atoms with Crippen molar-refractivity contribution in [3.05, 3.63) is 35.4 Å². The van der Waals surface area contributed by atoms with Crippen LogP contribution in [0.1, 0.15) is 30.4 Å². The Kier molecular flexibility index (Phi) is 6.21. The highest BCUT2D eigenvalue weighted by atomic mass is 16.5. The second-order valence-electron chi connectivity index (χ2n) is 5.60. The molecule has 1 aromatic carbocycles. The van der Waals surface area contributed by atoms with Crippen LogP contribution < -0.4 is 0 Å². The predicted molar refractivity (Wildman–Crippen MR) is 82.1 cm³/mol. The molecule has 0 atom stereocenters. The van der Waals surface area contributed by atoms with Gasteiger partial charge < -0.3 is 14.7 Å². The molecule has 0 unspecified atom stereocenters. The summed E-state index contributed by atoms with van der Waals surface area (Å²) in [5.41, 5.74) is 2.51. The van der Waals surface area contributed by atoms with E-state index in [0.717, 1.165) is 32.4 Å². The number of rotatable bonds is 6. The van der Waals surface area contributed by atoms with Crippen LogP contribution in [-0.4, -0.2) is 48.3 Å². The molecular formula is C17H25NO3. The van der Waals surface area contributed by atoms with E-state index in [4.69, 9.17) is 9.84 Å². The van der Waals surface area contributed by atoms with Crippen molar-refractivity contribution in [1.82, 2.24) is 4.90 Å². The van der Waals surface area contributed by atoms with Crippen molar-refractivity contribution in [2.45, 2.75) is 38.7 Å². The number of hydrogen-bond acceptors (Lipinski definition) is 3. The predicted octanol–water partition coefficient (Wildman–Crippen LogP) is 1.93. The summed E-state index contributed by atoms with van der Waals surface area (Å²) >= 11 is 0. The Morgan fingerprint density at radius 1 is 1.33 bits per heavy atom. The van der Waals surface area contributed by atoms with Gasteiger partial charge in [0.2, 0.25) is 5.91 Å². The summed E-state index contributed by atoms with van der Waals surface area (Å²) in [6, 6.07) is 8.23. The van der Waals surface area contributed by atoms with Gasteiger partial charge in [0.1, 0.15) is 0 Å². The maximum atomic E-state index is 12.2. The Balaban J connectivity index is 1.74. The van der Waals surface area contributed by atoms with E-state index in [1.54, 1.807) is 0 Å². The molecule has 1 fully saturated rings. The molecule has 0 aromatic heterocycles. The van der Waals surface area contributed by atoms with Crippen molar-refractivity contribution in [1.29, 1.82) is 0 Å². The first-order chi connectivity index (χ1) is 10.2. The van der Waals surface area contributed by atoms with Crippen molar-refractivity contribution in [2.75, 3.05) is 26.3 Å². The Morgan fingerprint density at radius 3 is 2.71 bits per heavy atom. The highest BCUT2D eigenvalue weighted by Crippen LogP contribution is 2.16. The maximum Gasteiger partial charge on any atom is 0.222 e. The van der Waals surface area contributed by atoms with Gasteiger partial charge in [-0.05, 0) is 37.3 Å². The lowest BCUT2D eigenvalue weighted by Gasteiger charge is -2.32. The first-order valence-corrected chi connectivity index (χ1v) is 7.75. The molecule has 0 spiro atoms. The first kappa shape index (κ1) is 16.0. The number of ether oxygens (including phenoxy) is 1. The van der Waals surface area contributed by atoms with Crippen LogP contribution in [0.2, 0.25) is 0 Å². The summed E-state index contributed by atoms with van der Waals surface area (Å²) in [6.45, 7) is 4.08. The van der Waals surface area contributed by atoms with E-state index in [-0.39, 0.29) is 18.6 Å². The van der Waals surface area contributed by atoms with Crippen LogP contribution in [0.4, 0.5) is 0 Å². The molecule has 4 heteroatoms. The van der Waals surface area contributed by atoms with E-state index in [0.29, 0.717) is 13.0 Å². The molecule has 0 saturated carbocycles. The van der Waals surface area contributed by atoms with Crippen molar-refractivity contribution in [2.24, 2.45) is 0 Å². The second kappa shape index (κ2) is 8.15. The zero-order valence-corrected chi connectivity index (χ0v) is 12.8. The number of carbonyl (C=O) groups excluding carboxylic acids is 1. The lowest BCUT2D eigenvalue weighted by molar-refractivity contribution is -0.133. The largest absolute Gasteiger partial charge is 0.394 e. The van der Waals surface area contributed by atoms with Gasteiger partial charge in [0.15, 0.2) is 0 Å². The summed E-state index contributed by atoms with van der Waals surface area (Å²) in [7, 11) is 0. The van der Waals surface area contributed by atoms with Gasteiger partial charge in [-0.15, -0.1) is 0 Å². The van der Waals surface area contributed by atoms with Crippen LogP contribution in [0.3, 0.4) is 0 Å². The summed E-state index contributed by atoms with van der Waals surface area (Å²) in [4.78, 5) is 14.2.